The van der Waals surface area contributed by atoms with E-state index >= 15 is 0 Å². The summed E-state index contributed by atoms with van der Waals surface area (Å²) >= 11 is 0. The van der Waals surface area contributed by atoms with Crippen LogP contribution in [-0.2, 0) is 20.2 Å². The van der Waals surface area contributed by atoms with Crippen molar-refractivity contribution in [2.45, 2.75) is 9.79 Å². The number of para-hydroxylation sites is 1. The molecule has 0 atom stereocenters. The molecule has 5 N–H and O–H groups in total. The Hall–Kier alpha value is -4.37. The Morgan fingerprint density at radius 3 is 2.00 bits per heavy atom. The van der Waals surface area contributed by atoms with Gasteiger partial charge in [-0.3, -0.25) is 18.7 Å². The highest BCUT2D eigenvalue weighted by molar-refractivity contribution is 7.86. The third-order valence-electron chi connectivity index (χ3n) is 5.85. The lowest BCUT2D eigenvalue weighted by Crippen LogP contribution is -2.24. The third-order valence-corrected chi connectivity index (χ3v) is 7.64. The second-order valence-corrected chi connectivity index (χ2v) is 10.8. The van der Waals surface area contributed by atoms with Crippen molar-refractivity contribution < 1.29 is 40.6 Å². The molecule has 1 aromatic heterocycles. The van der Waals surface area contributed by atoms with E-state index in [-0.39, 0.29) is 39.0 Å². The first-order valence-corrected chi connectivity index (χ1v) is 13.1. The first-order chi connectivity index (χ1) is 17.3. The number of aromatic amines is 1. The lowest BCUT2D eigenvalue weighted by atomic mass is 9.81. The van der Waals surface area contributed by atoms with Crippen molar-refractivity contribution in [2.24, 2.45) is 0 Å². The van der Waals surface area contributed by atoms with Gasteiger partial charge in [-0.05, 0) is 23.8 Å². The third kappa shape index (κ3) is 3.79. The SMILES string of the molecule is O=C(O)c1c2c3c(c(Nc4ccccc4S(=O)(=O)O)cc(S(=O)(=O)O)c3[nH]c1=O)C(=O)c1ccccc1-2. The number of nitrogens with one attached hydrogen (secondary N) is 2. The number of anilines is 2. The van der Waals surface area contributed by atoms with E-state index in [0.29, 0.717) is 0 Å². The Morgan fingerprint density at radius 2 is 1.38 bits per heavy atom. The summed E-state index contributed by atoms with van der Waals surface area (Å²) in [6.45, 7) is 0. The molecule has 0 spiro atoms. The molecule has 0 saturated carbocycles. The molecule has 0 fully saturated rings. The molecule has 1 aliphatic rings. The number of carbonyl (C=O) groups excluding carboxylic acids is 1. The summed E-state index contributed by atoms with van der Waals surface area (Å²) in [4.78, 5) is 39.2. The van der Waals surface area contributed by atoms with E-state index in [1.54, 1.807) is 0 Å². The van der Waals surface area contributed by atoms with Crippen molar-refractivity contribution in [3.8, 4) is 11.1 Å². The fourth-order valence-electron chi connectivity index (χ4n) is 4.43. The molecule has 1 aliphatic carbocycles. The van der Waals surface area contributed by atoms with E-state index in [2.05, 4.69) is 10.3 Å². The van der Waals surface area contributed by atoms with Gasteiger partial charge >= 0.3 is 5.97 Å². The molecule has 5 rings (SSSR count). The summed E-state index contributed by atoms with van der Waals surface area (Å²) in [5.41, 5.74) is -3.55. The summed E-state index contributed by atoms with van der Waals surface area (Å²) in [6.07, 6.45) is 0. The number of carboxylic acids is 1. The molecule has 3 aromatic carbocycles. The fourth-order valence-corrected chi connectivity index (χ4v) is 5.76. The number of fused-ring (bicyclic) bond motifs is 2. The molecule has 0 bridgehead atoms. The van der Waals surface area contributed by atoms with Crippen LogP contribution < -0.4 is 10.9 Å². The van der Waals surface area contributed by atoms with Crippen molar-refractivity contribution in [3.63, 3.8) is 0 Å². The molecule has 12 nitrogen and oxygen atoms in total. The Morgan fingerprint density at radius 1 is 0.784 bits per heavy atom. The summed E-state index contributed by atoms with van der Waals surface area (Å²) in [6, 6.07) is 11.6. The van der Waals surface area contributed by atoms with E-state index in [0.717, 1.165) is 12.1 Å². The molecule has 4 aromatic rings. The van der Waals surface area contributed by atoms with Crippen molar-refractivity contribution >= 4 is 54.3 Å². The molecular formula is C23H14N2O10S2. The van der Waals surface area contributed by atoms with Gasteiger partial charge in [0.25, 0.3) is 25.8 Å². The number of H-pyrrole nitrogens is 1. The van der Waals surface area contributed by atoms with Gasteiger partial charge in [0.05, 0.1) is 22.5 Å². The van der Waals surface area contributed by atoms with Gasteiger partial charge in [0.15, 0.2) is 5.78 Å². The van der Waals surface area contributed by atoms with Gasteiger partial charge in [-0.25, -0.2) is 4.79 Å². The van der Waals surface area contributed by atoms with Gasteiger partial charge < -0.3 is 15.4 Å². The molecule has 14 heteroatoms. The van der Waals surface area contributed by atoms with Gasteiger partial charge in [0.1, 0.15) is 15.4 Å². The fraction of sp³-hybridized carbons (Fsp3) is 0. The highest BCUT2D eigenvalue weighted by Crippen LogP contribution is 2.45. The topological polar surface area (TPSA) is 208 Å². The zero-order chi connectivity index (χ0) is 26.9. The maximum atomic E-state index is 13.7. The van der Waals surface area contributed by atoms with Crippen LogP contribution in [0.5, 0.6) is 0 Å². The number of rotatable bonds is 5. The largest absolute Gasteiger partial charge is 0.477 e. The second-order valence-electron chi connectivity index (χ2n) is 8.00. The second kappa shape index (κ2) is 8.07. The molecular weight excluding hydrogens is 528 g/mol. The Balaban J connectivity index is 2.01. The molecule has 0 saturated heterocycles. The van der Waals surface area contributed by atoms with Crippen LogP contribution in [0.15, 0.2) is 69.2 Å². The minimum Gasteiger partial charge on any atom is -0.477 e. The molecule has 0 radical (unpaired) electrons. The van der Waals surface area contributed by atoms with Crippen molar-refractivity contribution in [2.75, 3.05) is 5.32 Å². The van der Waals surface area contributed by atoms with Crippen LogP contribution in [-0.4, -0.2) is 47.8 Å². The quantitative estimate of drug-likeness (QED) is 0.204. The predicted octanol–water partition coefficient (Wildman–Crippen LogP) is 2.67. The number of hydrogen-bond acceptors (Lipinski definition) is 8. The summed E-state index contributed by atoms with van der Waals surface area (Å²) in [5, 5.41) is 12.1. The lowest BCUT2D eigenvalue weighted by Gasteiger charge is -2.25. The Bertz CT molecular complexity index is 1980. The van der Waals surface area contributed by atoms with E-state index in [4.69, 9.17) is 0 Å². The average Bonchev–Trinajstić information content (AvgIpc) is 2.81. The van der Waals surface area contributed by atoms with Gasteiger partial charge in [-0.15, -0.1) is 0 Å². The number of ketones is 1. The monoisotopic (exact) mass is 542 g/mol. The Kier molecular flexibility index (Phi) is 5.31. The van der Waals surface area contributed by atoms with Gasteiger partial charge in [-0.1, -0.05) is 36.4 Å². The molecule has 0 aliphatic heterocycles. The van der Waals surface area contributed by atoms with Crippen LogP contribution in [0.1, 0.15) is 26.3 Å². The van der Waals surface area contributed by atoms with Crippen LogP contribution in [0.25, 0.3) is 22.0 Å². The number of carbonyl (C=O) groups is 2. The van der Waals surface area contributed by atoms with Crippen LogP contribution in [0.3, 0.4) is 0 Å². The van der Waals surface area contributed by atoms with Crippen molar-refractivity contribution in [1.29, 1.82) is 0 Å². The van der Waals surface area contributed by atoms with Crippen LogP contribution in [0, 0.1) is 0 Å². The first kappa shape index (κ1) is 24.3. The van der Waals surface area contributed by atoms with Crippen LogP contribution in [0.2, 0.25) is 0 Å². The van der Waals surface area contributed by atoms with Gasteiger partial charge in [0, 0.05) is 16.5 Å². The number of aromatic carboxylic acids is 1. The summed E-state index contributed by atoms with van der Waals surface area (Å²) in [5.74, 6) is -2.36. The highest BCUT2D eigenvalue weighted by atomic mass is 32.2. The van der Waals surface area contributed by atoms with Crippen LogP contribution >= 0.6 is 0 Å². The number of hydrogen-bond donors (Lipinski definition) is 5. The summed E-state index contributed by atoms with van der Waals surface area (Å²) < 4.78 is 68.0. The molecule has 0 unspecified atom stereocenters. The van der Waals surface area contributed by atoms with Crippen molar-refractivity contribution in [1.82, 2.24) is 4.98 Å². The number of aromatic nitrogens is 1. The van der Waals surface area contributed by atoms with Gasteiger partial charge in [-0.2, -0.15) is 16.8 Å². The predicted molar refractivity (Wildman–Crippen MR) is 130 cm³/mol. The smallest absolute Gasteiger partial charge is 0.342 e. The number of pyridine rings is 1. The van der Waals surface area contributed by atoms with Crippen LogP contribution in [0.4, 0.5) is 11.4 Å². The lowest BCUT2D eigenvalue weighted by molar-refractivity contribution is 0.0695. The minimum atomic E-state index is -5.08. The maximum Gasteiger partial charge on any atom is 0.342 e. The number of benzene rings is 3. The molecule has 188 valence electrons. The van der Waals surface area contributed by atoms with Crippen molar-refractivity contribution in [3.05, 3.63) is 81.6 Å². The van der Waals surface area contributed by atoms with E-state index < -0.39 is 58.4 Å². The maximum absolute atomic E-state index is 13.7. The summed E-state index contributed by atoms with van der Waals surface area (Å²) in [7, 11) is -9.86. The zero-order valence-electron chi connectivity index (χ0n) is 18.2. The molecule has 1 heterocycles. The van der Waals surface area contributed by atoms with E-state index in [9.17, 15) is 45.4 Å². The minimum absolute atomic E-state index is 0.00452. The first-order valence-electron chi connectivity index (χ1n) is 10.3. The Labute approximate surface area is 207 Å². The molecule has 0 amide bonds. The standard InChI is InChI=1S/C23H14N2O10S2/c26-21-11-6-2-1-5-10(11)16-18-17(21)13(24-12-7-3-4-8-14(12)36(30,31)32)9-15(37(33,34)35)20(18)25-22(27)19(16)23(28)29/h1-9,24H,(H,25,27)(H,28,29)(H,30,31,32)(H,33,34,35). The van der Waals surface area contributed by atoms with E-state index in [1.165, 1.54) is 42.5 Å². The zero-order valence-corrected chi connectivity index (χ0v) is 19.8. The number of carboxylic acid groups (broad SMARTS) is 1. The average molecular weight is 543 g/mol. The van der Waals surface area contributed by atoms with Gasteiger partial charge in [0.2, 0.25) is 0 Å². The van der Waals surface area contributed by atoms with E-state index in [1.807, 2.05) is 0 Å². The molecule has 37 heavy (non-hydrogen) atoms. The highest BCUT2D eigenvalue weighted by Gasteiger charge is 2.35. The normalized spacial score (nSPS) is 12.9.